The Hall–Kier alpha value is -2.34. The van der Waals surface area contributed by atoms with Crippen LogP contribution in [0.5, 0.6) is 5.75 Å². The molecule has 2 heterocycles. The van der Waals surface area contributed by atoms with Gasteiger partial charge in [-0.15, -0.1) is 0 Å². The van der Waals surface area contributed by atoms with Gasteiger partial charge in [0, 0.05) is 44.2 Å². The summed E-state index contributed by atoms with van der Waals surface area (Å²) in [6.07, 6.45) is 0. The number of amides is 1. The minimum atomic E-state index is 0.0615. The van der Waals surface area contributed by atoms with E-state index in [0.717, 1.165) is 55.5 Å². The topological polar surface area (TPSA) is 58.8 Å². The van der Waals surface area contributed by atoms with Crippen molar-refractivity contribution in [3.05, 3.63) is 35.7 Å². The van der Waals surface area contributed by atoms with Gasteiger partial charge < -0.3 is 14.1 Å². The van der Waals surface area contributed by atoms with Gasteiger partial charge in [-0.3, -0.25) is 9.69 Å². The van der Waals surface area contributed by atoms with Crippen LogP contribution in [0, 0.1) is 12.8 Å². The van der Waals surface area contributed by atoms with Crippen molar-refractivity contribution in [2.45, 2.75) is 27.3 Å². The Kier molecular flexibility index (Phi) is 5.61. The van der Waals surface area contributed by atoms with E-state index in [9.17, 15) is 4.79 Å². The summed E-state index contributed by atoms with van der Waals surface area (Å²) >= 11 is 0. The van der Waals surface area contributed by atoms with E-state index in [4.69, 9.17) is 9.15 Å². The van der Waals surface area contributed by atoms with Crippen LogP contribution in [0.15, 0.2) is 28.7 Å². The molecule has 0 atom stereocenters. The van der Waals surface area contributed by atoms with Gasteiger partial charge in [0.25, 0.3) is 0 Å². The summed E-state index contributed by atoms with van der Waals surface area (Å²) in [5.41, 5.74) is 1.90. The van der Waals surface area contributed by atoms with Gasteiger partial charge in [-0.1, -0.05) is 13.8 Å². The fraction of sp³-hybridized carbons (Fsp3) is 0.500. The van der Waals surface area contributed by atoms with E-state index < -0.39 is 0 Å². The Morgan fingerprint density at radius 1 is 1.19 bits per heavy atom. The number of ether oxygens (including phenoxy) is 1. The van der Waals surface area contributed by atoms with Crippen molar-refractivity contribution in [3.63, 3.8) is 0 Å². The molecule has 1 amide bonds. The third-order valence-electron chi connectivity index (χ3n) is 4.78. The second-order valence-electron chi connectivity index (χ2n) is 7.01. The summed E-state index contributed by atoms with van der Waals surface area (Å²) in [5.74, 6) is 2.59. The van der Waals surface area contributed by atoms with E-state index in [1.165, 1.54) is 0 Å². The molecule has 2 aromatic rings. The van der Waals surface area contributed by atoms with E-state index >= 15 is 0 Å². The molecule has 26 heavy (non-hydrogen) atoms. The lowest BCUT2D eigenvalue weighted by Crippen LogP contribution is -2.49. The minimum Gasteiger partial charge on any atom is -0.497 e. The first-order valence-corrected chi connectivity index (χ1v) is 9.10. The highest BCUT2D eigenvalue weighted by Crippen LogP contribution is 2.25. The number of aryl methyl sites for hydroxylation is 1. The molecule has 0 saturated carbocycles. The molecule has 6 heteroatoms. The van der Waals surface area contributed by atoms with Crippen LogP contribution in [-0.2, 0) is 11.3 Å². The van der Waals surface area contributed by atoms with Crippen molar-refractivity contribution in [2.24, 2.45) is 5.92 Å². The Balaban J connectivity index is 1.62. The summed E-state index contributed by atoms with van der Waals surface area (Å²) in [7, 11) is 1.65. The number of carbonyl (C=O) groups excluding carboxylic acids is 1. The maximum absolute atomic E-state index is 12.1. The van der Waals surface area contributed by atoms with Gasteiger partial charge in [-0.25, -0.2) is 4.98 Å². The number of methoxy groups -OCH3 is 1. The molecule has 1 aliphatic rings. The highest BCUT2D eigenvalue weighted by Gasteiger charge is 2.24. The normalized spacial score (nSPS) is 15.5. The molecule has 3 rings (SSSR count). The smallest absolute Gasteiger partial charge is 0.226 e. The van der Waals surface area contributed by atoms with Crippen LogP contribution in [-0.4, -0.2) is 54.0 Å². The Morgan fingerprint density at radius 3 is 2.42 bits per heavy atom. The maximum atomic E-state index is 12.1. The zero-order valence-electron chi connectivity index (χ0n) is 16.0. The molecule has 1 aliphatic heterocycles. The number of hydrogen-bond acceptors (Lipinski definition) is 5. The fourth-order valence-electron chi connectivity index (χ4n) is 3.14. The third kappa shape index (κ3) is 4.07. The predicted molar refractivity (Wildman–Crippen MR) is 99.9 cm³/mol. The van der Waals surface area contributed by atoms with E-state index in [2.05, 4.69) is 9.88 Å². The fourth-order valence-corrected chi connectivity index (χ4v) is 3.14. The van der Waals surface area contributed by atoms with E-state index in [1.807, 2.05) is 49.9 Å². The first-order chi connectivity index (χ1) is 12.5. The molecule has 1 saturated heterocycles. The van der Waals surface area contributed by atoms with E-state index in [1.54, 1.807) is 7.11 Å². The summed E-state index contributed by atoms with van der Waals surface area (Å²) in [4.78, 5) is 21.1. The van der Waals surface area contributed by atoms with Crippen LogP contribution in [0.1, 0.15) is 25.3 Å². The second kappa shape index (κ2) is 7.91. The lowest BCUT2D eigenvalue weighted by molar-refractivity contribution is -0.136. The molecular weight excluding hydrogens is 330 g/mol. The zero-order chi connectivity index (χ0) is 18.7. The lowest BCUT2D eigenvalue weighted by atomic mass is 10.1. The molecular formula is C20H27N3O3. The number of carbonyl (C=O) groups is 1. The number of aromatic nitrogens is 1. The number of hydrogen-bond donors (Lipinski definition) is 0. The maximum Gasteiger partial charge on any atom is 0.226 e. The second-order valence-corrected chi connectivity index (χ2v) is 7.01. The minimum absolute atomic E-state index is 0.0615. The van der Waals surface area contributed by atoms with Crippen molar-refractivity contribution in [1.82, 2.24) is 14.8 Å². The average molecular weight is 357 g/mol. The number of rotatable bonds is 5. The standard InChI is InChI=1S/C20H27N3O3/c1-14(2)20(24)23-11-9-22(10-12-23)13-18-15(3)26-19(21-18)16-5-7-17(25-4)8-6-16/h5-8,14H,9-13H2,1-4H3. The number of nitrogens with zero attached hydrogens (tertiary/aromatic N) is 3. The Labute approximate surface area is 154 Å². The van der Waals surface area contributed by atoms with Gasteiger partial charge in [-0.2, -0.15) is 0 Å². The number of benzene rings is 1. The molecule has 1 fully saturated rings. The van der Waals surface area contributed by atoms with Crippen LogP contribution >= 0.6 is 0 Å². The molecule has 1 aromatic carbocycles. The summed E-state index contributed by atoms with van der Waals surface area (Å²) < 4.78 is 11.1. The Bertz CT molecular complexity index is 744. The quantitative estimate of drug-likeness (QED) is 0.823. The predicted octanol–water partition coefficient (Wildman–Crippen LogP) is 2.96. The number of piperazine rings is 1. The SMILES string of the molecule is COc1ccc(-c2nc(CN3CCN(C(=O)C(C)C)CC3)c(C)o2)cc1. The molecule has 0 unspecified atom stereocenters. The van der Waals surface area contributed by atoms with Crippen LogP contribution in [0.25, 0.3) is 11.5 Å². The van der Waals surface area contributed by atoms with Gasteiger partial charge in [0.05, 0.1) is 12.8 Å². The highest BCUT2D eigenvalue weighted by atomic mass is 16.5. The summed E-state index contributed by atoms with van der Waals surface area (Å²) in [6.45, 7) is 9.88. The zero-order valence-corrected chi connectivity index (χ0v) is 16.0. The van der Waals surface area contributed by atoms with Gasteiger partial charge in [0.2, 0.25) is 11.8 Å². The molecule has 0 N–H and O–H groups in total. The third-order valence-corrected chi connectivity index (χ3v) is 4.78. The summed E-state index contributed by atoms with van der Waals surface area (Å²) in [5, 5.41) is 0. The molecule has 140 valence electrons. The monoisotopic (exact) mass is 357 g/mol. The van der Waals surface area contributed by atoms with Crippen LogP contribution in [0.2, 0.25) is 0 Å². The molecule has 1 aromatic heterocycles. The first-order valence-electron chi connectivity index (χ1n) is 9.10. The van der Waals surface area contributed by atoms with E-state index in [0.29, 0.717) is 5.89 Å². The molecule has 0 aliphatic carbocycles. The molecule has 0 bridgehead atoms. The van der Waals surface area contributed by atoms with Crippen molar-refractivity contribution >= 4 is 5.91 Å². The average Bonchev–Trinajstić information content (AvgIpc) is 3.02. The van der Waals surface area contributed by atoms with Gasteiger partial charge in [-0.05, 0) is 31.2 Å². The summed E-state index contributed by atoms with van der Waals surface area (Å²) in [6, 6.07) is 7.70. The lowest BCUT2D eigenvalue weighted by Gasteiger charge is -2.35. The van der Waals surface area contributed by atoms with Gasteiger partial charge in [0.1, 0.15) is 11.5 Å². The van der Waals surface area contributed by atoms with Crippen molar-refractivity contribution < 1.29 is 13.9 Å². The molecule has 6 nitrogen and oxygen atoms in total. The van der Waals surface area contributed by atoms with Crippen molar-refractivity contribution in [3.8, 4) is 17.2 Å². The van der Waals surface area contributed by atoms with Gasteiger partial charge in [0.15, 0.2) is 0 Å². The highest BCUT2D eigenvalue weighted by molar-refractivity contribution is 5.78. The van der Waals surface area contributed by atoms with Crippen LogP contribution in [0.4, 0.5) is 0 Å². The molecule has 0 radical (unpaired) electrons. The van der Waals surface area contributed by atoms with E-state index in [-0.39, 0.29) is 11.8 Å². The van der Waals surface area contributed by atoms with Crippen molar-refractivity contribution in [1.29, 1.82) is 0 Å². The van der Waals surface area contributed by atoms with Crippen molar-refractivity contribution in [2.75, 3.05) is 33.3 Å². The van der Waals surface area contributed by atoms with Crippen LogP contribution < -0.4 is 4.74 Å². The van der Waals surface area contributed by atoms with Crippen LogP contribution in [0.3, 0.4) is 0 Å². The number of oxazole rings is 1. The largest absolute Gasteiger partial charge is 0.497 e. The Morgan fingerprint density at radius 2 is 1.85 bits per heavy atom. The molecule has 0 spiro atoms. The van der Waals surface area contributed by atoms with Gasteiger partial charge >= 0.3 is 0 Å². The first kappa shape index (κ1) is 18.5.